The number of pyridine rings is 1. The van der Waals surface area contributed by atoms with Gasteiger partial charge in [-0.3, -0.25) is 9.78 Å². The summed E-state index contributed by atoms with van der Waals surface area (Å²) in [4.78, 5) is 23.5. The number of carbonyl (C=O) groups excluding carboxylic acids is 1. The molecule has 0 aliphatic carbocycles. The van der Waals surface area contributed by atoms with Crippen molar-refractivity contribution in [3.8, 4) is 11.4 Å². The summed E-state index contributed by atoms with van der Waals surface area (Å²) < 4.78 is 5.55. The van der Waals surface area contributed by atoms with E-state index in [4.69, 9.17) is 9.93 Å². The molecule has 0 radical (unpaired) electrons. The second-order valence-electron chi connectivity index (χ2n) is 7.93. The maximum absolute atomic E-state index is 12.8. The molecule has 0 spiro atoms. The fourth-order valence-electron chi connectivity index (χ4n) is 3.82. The van der Waals surface area contributed by atoms with E-state index in [1.54, 1.807) is 12.3 Å². The lowest BCUT2D eigenvalue weighted by molar-refractivity contribution is 0.0698. The van der Waals surface area contributed by atoms with E-state index in [1.165, 1.54) is 6.21 Å². The molecule has 1 aliphatic rings. The minimum Gasteiger partial charge on any atom is -0.388 e. The van der Waals surface area contributed by atoms with Crippen molar-refractivity contribution >= 4 is 23.4 Å². The average molecular weight is 431 g/mol. The number of nitrogens with one attached hydrogen (secondary N) is 2. The highest BCUT2D eigenvalue weighted by molar-refractivity contribution is 5.92. The second-order valence-corrected chi connectivity index (χ2v) is 7.93. The predicted molar refractivity (Wildman–Crippen MR) is 124 cm³/mol. The molecule has 3 aromatic rings. The lowest BCUT2D eigenvalue weighted by Crippen LogP contribution is -2.38. The molecule has 1 amide bonds. The number of allylic oxidation sites excluding steroid dienone is 1. The summed E-state index contributed by atoms with van der Waals surface area (Å²) in [5, 5.41) is 14.7. The largest absolute Gasteiger partial charge is 0.388 e. The predicted octanol–water partition coefficient (Wildman–Crippen LogP) is 4.22. The van der Waals surface area contributed by atoms with E-state index in [0.29, 0.717) is 30.5 Å². The monoisotopic (exact) mass is 430 g/mol. The van der Waals surface area contributed by atoms with Gasteiger partial charge in [-0.25, -0.2) is 0 Å². The molecular formula is C24H26N6O2. The standard InChI is InChI=1S/C24H26N6O2/c1-15(2)19-6-7-20(27-14-19)24(31)30-10-8-16(9-11-30)23-28-22(29-32-23)17-4-5-18(13-25)21(12-17)26-3/h4-7,12-14,16,25-26H,1,8-11H2,2-3H3. The van der Waals surface area contributed by atoms with Crippen molar-refractivity contribution in [2.24, 2.45) is 0 Å². The first-order valence-corrected chi connectivity index (χ1v) is 10.6. The van der Waals surface area contributed by atoms with Gasteiger partial charge < -0.3 is 20.1 Å². The number of hydrogen-bond acceptors (Lipinski definition) is 7. The van der Waals surface area contributed by atoms with Crippen LogP contribution in [0.2, 0.25) is 0 Å². The first-order valence-electron chi connectivity index (χ1n) is 10.6. The summed E-state index contributed by atoms with van der Waals surface area (Å²) in [5.41, 5.74) is 4.75. The molecular weight excluding hydrogens is 404 g/mol. The minimum absolute atomic E-state index is 0.0613. The SMILES string of the molecule is C=C(C)c1ccc(C(=O)N2CCC(c3nc(-c4ccc(C=N)c(NC)c4)no3)CC2)nc1. The Kier molecular flexibility index (Phi) is 6.11. The molecule has 164 valence electrons. The molecule has 0 saturated carbocycles. The number of anilines is 1. The van der Waals surface area contributed by atoms with E-state index in [0.717, 1.165) is 40.8 Å². The zero-order valence-electron chi connectivity index (χ0n) is 18.3. The van der Waals surface area contributed by atoms with E-state index in [2.05, 4.69) is 27.0 Å². The van der Waals surface area contributed by atoms with Crippen LogP contribution in [-0.2, 0) is 0 Å². The normalized spacial score (nSPS) is 14.2. The summed E-state index contributed by atoms with van der Waals surface area (Å²) in [6.07, 6.45) is 4.50. The van der Waals surface area contributed by atoms with Crippen LogP contribution >= 0.6 is 0 Å². The lowest BCUT2D eigenvalue weighted by Gasteiger charge is -2.30. The summed E-state index contributed by atoms with van der Waals surface area (Å²) in [7, 11) is 1.81. The van der Waals surface area contributed by atoms with Gasteiger partial charge in [-0.2, -0.15) is 4.98 Å². The van der Waals surface area contributed by atoms with Crippen LogP contribution in [0.1, 0.15) is 53.2 Å². The summed E-state index contributed by atoms with van der Waals surface area (Å²) in [6, 6.07) is 9.27. The fraction of sp³-hybridized carbons (Fsp3) is 0.292. The third kappa shape index (κ3) is 4.30. The van der Waals surface area contributed by atoms with Gasteiger partial charge in [-0.15, -0.1) is 0 Å². The van der Waals surface area contributed by atoms with Crippen molar-refractivity contribution in [3.05, 3.63) is 65.8 Å². The quantitative estimate of drug-likeness (QED) is 0.567. The van der Waals surface area contributed by atoms with Crippen LogP contribution in [-0.4, -0.2) is 52.3 Å². The van der Waals surface area contributed by atoms with Crippen molar-refractivity contribution in [3.63, 3.8) is 0 Å². The molecule has 0 bridgehead atoms. The van der Waals surface area contributed by atoms with Gasteiger partial charge in [0.2, 0.25) is 11.7 Å². The van der Waals surface area contributed by atoms with E-state index in [1.807, 2.05) is 43.1 Å². The smallest absolute Gasteiger partial charge is 0.272 e. The molecule has 4 rings (SSSR count). The van der Waals surface area contributed by atoms with Crippen molar-refractivity contribution in [2.75, 3.05) is 25.5 Å². The fourth-order valence-corrected chi connectivity index (χ4v) is 3.82. The van der Waals surface area contributed by atoms with Crippen molar-refractivity contribution in [1.82, 2.24) is 20.0 Å². The number of amides is 1. The number of piperidine rings is 1. The molecule has 8 heteroatoms. The van der Waals surface area contributed by atoms with Crippen molar-refractivity contribution < 1.29 is 9.32 Å². The maximum atomic E-state index is 12.8. The van der Waals surface area contributed by atoms with Gasteiger partial charge in [-0.1, -0.05) is 29.9 Å². The Bertz CT molecular complexity index is 1140. The molecule has 1 saturated heterocycles. The number of nitrogens with zero attached hydrogens (tertiary/aromatic N) is 4. The van der Waals surface area contributed by atoms with E-state index in [-0.39, 0.29) is 11.8 Å². The number of aromatic nitrogens is 3. The Balaban J connectivity index is 1.41. The first-order chi connectivity index (χ1) is 15.5. The Morgan fingerprint density at radius 1 is 1.28 bits per heavy atom. The van der Waals surface area contributed by atoms with Gasteiger partial charge in [0.1, 0.15) is 5.69 Å². The summed E-state index contributed by atoms with van der Waals surface area (Å²) >= 11 is 0. The molecule has 3 heterocycles. The maximum Gasteiger partial charge on any atom is 0.272 e. The first kappa shape index (κ1) is 21.4. The van der Waals surface area contributed by atoms with Gasteiger partial charge in [0, 0.05) is 55.3 Å². The van der Waals surface area contributed by atoms with Gasteiger partial charge in [-0.05, 0) is 43.0 Å². The van der Waals surface area contributed by atoms with E-state index in [9.17, 15) is 4.79 Å². The van der Waals surface area contributed by atoms with Gasteiger partial charge in [0.05, 0.1) is 0 Å². The molecule has 32 heavy (non-hydrogen) atoms. The number of likely N-dealkylation sites (tertiary alicyclic amines) is 1. The Labute approximate surface area is 186 Å². The van der Waals surface area contributed by atoms with Gasteiger partial charge >= 0.3 is 0 Å². The van der Waals surface area contributed by atoms with Crippen molar-refractivity contribution in [2.45, 2.75) is 25.7 Å². The highest BCUT2D eigenvalue weighted by Gasteiger charge is 2.28. The molecule has 2 N–H and O–H groups in total. The molecule has 1 aromatic carbocycles. The highest BCUT2D eigenvalue weighted by Crippen LogP contribution is 2.30. The summed E-state index contributed by atoms with van der Waals surface area (Å²) in [6.45, 7) is 7.04. The van der Waals surface area contributed by atoms with Crippen LogP contribution in [0.3, 0.4) is 0 Å². The molecule has 0 unspecified atom stereocenters. The molecule has 1 aliphatic heterocycles. The molecule has 1 fully saturated rings. The molecule has 2 aromatic heterocycles. The van der Waals surface area contributed by atoms with Crippen LogP contribution in [0.25, 0.3) is 17.0 Å². The highest BCUT2D eigenvalue weighted by atomic mass is 16.5. The van der Waals surface area contributed by atoms with Gasteiger partial charge in [0.25, 0.3) is 5.91 Å². The zero-order chi connectivity index (χ0) is 22.7. The number of carbonyl (C=O) groups is 1. The molecule has 8 nitrogen and oxygen atoms in total. The molecule has 0 atom stereocenters. The average Bonchev–Trinajstić information content (AvgIpc) is 3.33. The number of hydrogen-bond donors (Lipinski definition) is 2. The Morgan fingerprint density at radius 3 is 2.69 bits per heavy atom. The third-order valence-electron chi connectivity index (χ3n) is 5.78. The summed E-state index contributed by atoms with van der Waals surface area (Å²) in [5.74, 6) is 1.17. The van der Waals surface area contributed by atoms with Crippen LogP contribution in [0, 0.1) is 5.41 Å². The third-order valence-corrected chi connectivity index (χ3v) is 5.78. The van der Waals surface area contributed by atoms with Crippen LogP contribution in [0.5, 0.6) is 0 Å². The van der Waals surface area contributed by atoms with E-state index >= 15 is 0 Å². The van der Waals surface area contributed by atoms with Crippen molar-refractivity contribution in [1.29, 1.82) is 5.41 Å². The van der Waals surface area contributed by atoms with Gasteiger partial charge in [0.15, 0.2) is 0 Å². The van der Waals surface area contributed by atoms with Crippen LogP contribution in [0.4, 0.5) is 5.69 Å². The van der Waals surface area contributed by atoms with E-state index < -0.39 is 0 Å². The Morgan fingerprint density at radius 2 is 2.06 bits per heavy atom. The Hall–Kier alpha value is -3.81. The number of benzene rings is 1. The zero-order valence-corrected chi connectivity index (χ0v) is 18.3. The topological polar surface area (TPSA) is 108 Å². The lowest BCUT2D eigenvalue weighted by atomic mass is 9.96. The minimum atomic E-state index is -0.0613. The second kappa shape index (κ2) is 9.13. The van der Waals surface area contributed by atoms with Crippen LogP contribution in [0.15, 0.2) is 47.6 Å². The van der Waals surface area contributed by atoms with Crippen LogP contribution < -0.4 is 5.32 Å². The number of rotatable bonds is 6.